The second-order valence-electron chi connectivity index (χ2n) is 6.50. The maximum Gasteiger partial charge on any atom is 0.387 e. The molecular weight excluding hydrogens is 396 g/mol. The molecular formula is C22H21F2NO5. The number of nitrogens with one attached hydrogen (secondary N) is 1. The summed E-state index contributed by atoms with van der Waals surface area (Å²) >= 11 is 0. The van der Waals surface area contributed by atoms with Crippen molar-refractivity contribution in [2.45, 2.75) is 27.1 Å². The lowest BCUT2D eigenvalue weighted by atomic mass is 10.1. The van der Waals surface area contributed by atoms with E-state index in [0.29, 0.717) is 17.2 Å². The highest BCUT2D eigenvalue weighted by molar-refractivity contribution is 6.02. The first-order valence-corrected chi connectivity index (χ1v) is 9.08. The number of anilines is 1. The SMILES string of the molecule is COc1cc(NC(=O)c2ccc(COc3ccc(C)c(C)c3)o2)ccc1OC(F)F. The zero-order chi connectivity index (χ0) is 21.7. The number of rotatable bonds is 8. The van der Waals surface area contributed by atoms with Crippen LogP contribution in [0.2, 0.25) is 0 Å². The number of aryl methyl sites for hydroxylation is 2. The lowest BCUT2D eigenvalue weighted by Crippen LogP contribution is -2.11. The molecule has 1 N–H and O–H groups in total. The van der Waals surface area contributed by atoms with Crippen LogP contribution in [0.4, 0.5) is 14.5 Å². The summed E-state index contributed by atoms with van der Waals surface area (Å²) in [6.07, 6.45) is 0. The second kappa shape index (κ2) is 9.30. The van der Waals surface area contributed by atoms with E-state index in [4.69, 9.17) is 13.9 Å². The molecule has 1 heterocycles. The Morgan fingerprint density at radius 2 is 1.83 bits per heavy atom. The van der Waals surface area contributed by atoms with Crippen molar-refractivity contribution < 1.29 is 32.2 Å². The third-order valence-electron chi connectivity index (χ3n) is 4.38. The van der Waals surface area contributed by atoms with Gasteiger partial charge in [0, 0.05) is 11.8 Å². The van der Waals surface area contributed by atoms with Crippen molar-refractivity contribution in [3.8, 4) is 17.2 Å². The van der Waals surface area contributed by atoms with Gasteiger partial charge in [0.25, 0.3) is 5.91 Å². The molecule has 0 spiro atoms. The van der Waals surface area contributed by atoms with Crippen LogP contribution in [0.25, 0.3) is 0 Å². The number of halogens is 2. The number of hydrogen-bond donors (Lipinski definition) is 1. The first-order valence-electron chi connectivity index (χ1n) is 9.08. The molecule has 30 heavy (non-hydrogen) atoms. The summed E-state index contributed by atoms with van der Waals surface area (Å²) in [6.45, 7) is 1.21. The van der Waals surface area contributed by atoms with Gasteiger partial charge in [-0.2, -0.15) is 8.78 Å². The van der Waals surface area contributed by atoms with Crippen molar-refractivity contribution >= 4 is 11.6 Å². The monoisotopic (exact) mass is 417 g/mol. The lowest BCUT2D eigenvalue weighted by Gasteiger charge is -2.11. The van der Waals surface area contributed by atoms with E-state index in [1.165, 1.54) is 36.9 Å². The number of amides is 1. The summed E-state index contributed by atoms with van der Waals surface area (Å²) in [7, 11) is 1.31. The fourth-order valence-corrected chi connectivity index (χ4v) is 2.67. The Morgan fingerprint density at radius 1 is 1.03 bits per heavy atom. The lowest BCUT2D eigenvalue weighted by molar-refractivity contribution is -0.0512. The molecule has 6 nitrogen and oxygen atoms in total. The van der Waals surface area contributed by atoms with Crippen LogP contribution in [0.3, 0.4) is 0 Å². The van der Waals surface area contributed by atoms with Gasteiger partial charge in [-0.3, -0.25) is 4.79 Å². The summed E-state index contributed by atoms with van der Waals surface area (Å²) in [5.74, 6) is 0.706. The van der Waals surface area contributed by atoms with Gasteiger partial charge in [0.2, 0.25) is 0 Å². The molecule has 158 valence electrons. The smallest absolute Gasteiger partial charge is 0.387 e. The van der Waals surface area contributed by atoms with E-state index in [2.05, 4.69) is 10.1 Å². The Labute approximate surface area is 172 Å². The third kappa shape index (κ3) is 5.28. The zero-order valence-corrected chi connectivity index (χ0v) is 16.7. The summed E-state index contributed by atoms with van der Waals surface area (Å²) in [4.78, 5) is 12.4. The molecule has 1 aromatic heterocycles. The molecule has 0 aliphatic heterocycles. The molecule has 3 aromatic rings. The number of ether oxygens (including phenoxy) is 3. The van der Waals surface area contributed by atoms with Gasteiger partial charge < -0.3 is 23.9 Å². The fourth-order valence-electron chi connectivity index (χ4n) is 2.67. The highest BCUT2D eigenvalue weighted by atomic mass is 19.3. The van der Waals surface area contributed by atoms with Gasteiger partial charge in [-0.25, -0.2) is 0 Å². The van der Waals surface area contributed by atoms with E-state index in [1.807, 2.05) is 32.0 Å². The van der Waals surface area contributed by atoms with E-state index in [1.54, 1.807) is 6.07 Å². The zero-order valence-electron chi connectivity index (χ0n) is 16.7. The van der Waals surface area contributed by atoms with Crippen molar-refractivity contribution in [2.24, 2.45) is 0 Å². The van der Waals surface area contributed by atoms with E-state index < -0.39 is 12.5 Å². The van der Waals surface area contributed by atoms with Crippen molar-refractivity contribution in [3.05, 3.63) is 71.2 Å². The van der Waals surface area contributed by atoms with Crippen LogP contribution in [0.5, 0.6) is 17.2 Å². The van der Waals surface area contributed by atoms with Gasteiger partial charge >= 0.3 is 6.61 Å². The molecule has 2 aromatic carbocycles. The molecule has 8 heteroatoms. The Kier molecular flexibility index (Phi) is 6.56. The van der Waals surface area contributed by atoms with E-state index in [9.17, 15) is 13.6 Å². The second-order valence-corrected chi connectivity index (χ2v) is 6.50. The topological polar surface area (TPSA) is 69.9 Å². The van der Waals surface area contributed by atoms with Crippen molar-refractivity contribution in [3.63, 3.8) is 0 Å². The third-order valence-corrected chi connectivity index (χ3v) is 4.38. The number of carbonyl (C=O) groups is 1. The minimum absolute atomic E-state index is 0.0648. The Balaban J connectivity index is 1.62. The molecule has 0 fully saturated rings. The molecule has 0 bridgehead atoms. The minimum Gasteiger partial charge on any atom is -0.493 e. The molecule has 0 saturated carbocycles. The average Bonchev–Trinajstić information content (AvgIpc) is 3.19. The minimum atomic E-state index is -2.98. The predicted molar refractivity (Wildman–Crippen MR) is 107 cm³/mol. The summed E-state index contributed by atoms with van der Waals surface area (Å²) < 4.78 is 45.4. The van der Waals surface area contributed by atoms with Gasteiger partial charge in [0.05, 0.1) is 7.11 Å². The number of alkyl halides is 2. The molecule has 0 unspecified atom stereocenters. The summed E-state index contributed by atoms with van der Waals surface area (Å²) in [6, 6.07) is 13.0. The molecule has 1 amide bonds. The van der Waals surface area contributed by atoms with Crippen molar-refractivity contribution in [2.75, 3.05) is 12.4 Å². The Bertz CT molecular complexity index is 1030. The van der Waals surface area contributed by atoms with Crippen LogP contribution in [0.15, 0.2) is 52.9 Å². The molecule has 3 rings (SSSR count). The summed E-state index contributed by atoms with van der Waals surface area (Å²) in [5.41, 5.74) is 2.62. The highest BCUT2D eigenvalue weighted by Crippen LogP contribution is 2.31. The van der Waals surface area contributed by atoms with Crippen molar-refractivity contribution in [1.82, 2.24) is 0 Å². The largest absolute Gasteiger partial charge is 0.493 e. The Hall–Kier alpha value is -3.55. The molecule has 0 aliphatic rings. The van der Waals surface area contributed by atoms with Crippen LogP contribution >= 0.6 is 0 Å². The fraction of sp³-hybridized carbons (Fsp3) is 0.227. The maximum absolute atomic E-state index is 12.4. The van der Waals surface area contributed by atoms with Gasteiger partial charge in [-0.1, -0.05) is 6.07 Å². The number of carbonyl (C=O) groups excluding carboxylic acids is 1. The quantitative estimate of drug-likeness (QED) is 0.536. The maximum atomic E-state index is 12.4. The first-order chi connectivity index (χ1) is 14.4. The number of furan rings is 1. The molecule has 0 atom stereocenters. The number of benzene rings is 2. The van der Waals surface area contributed by atoms with Crippen LogP contribution in [0.1, 0.15) is 27.4 Å². The van der Waals surface area contributed by atoms with Crippen LogP contribution in [-0.4, -0.2) is 19.6 Å². The Morgan fingerprint density at radius 3 is 2.53 bits per heavy atom. The van der Waals surface area contributed by atoms with Gasteiger partial charge in [-0.15, -0.1) is 0 Å². The first kappa shape index (κ1) is 21.2. The number of hydrogen-bond acceptors (Lipinski definition) is 5. The molecule has 0 radical (unpaired) electrons. The number of methoxy groups -OCH3 is 1. The highest BCUT2D eigenvalue weighted by Gasteiger charge is 2.15. The van der Waals surface area contributed by atoms with Crippen molar-refractivity contribution in [1.29, 1.82) is 0 Å². The van der Waals surface area contributed by atoms with Gasteiger partial charge in [0.1, 0.15) is 18.1 Å². The molecule has 0 aliphatic carbocycles. The average molecular weight is 417 g/mol. The van der Waals surface area contributed by atoms with E-state index >= 15 is 0 Å². The normalized spacial score (nSPS) is 10.7. The van der Waals surface area contributed by atoms with Gasteiger partial charge in [-0.05, 0) is 61.4 Å². The van der Waals surface area contributed by atoms with E-state index in [0.717, 1.165) is 5.56 Å². The van der Waals surface area contributed by atoms with E-state index in [-0.39, 0.29) is 23.9 Å². The van der Waals surface area contributed by atoms with Gasteiger partial charge in [0.15, 0.2) is 17.3 Å². The predicted octanol–water partition coefficient (Wildman–Crippen LogP) is 5.34. The van der Waals surface area contributed by atoms with Crippen LogP contribution in [-0.2, 0) is 6.61 Å². The standard InChI is InChI=1S/C22H21F2NO5/c1-13-4-6-16(10-14(13)2)28-12-17-7-9-19(29-17)21(26)25-15-5-8-18(30-22(23)24)20(11-15)27-3/h4-11,22H,12H2,1-3H3,(H,25,26). The summed E-state index contributed by atoms with van der Waals surface area (Å²) in [5, 5.41) is 2.62. The van der Waals surface area contributed by atoms with Crippen LogP contribution < -0.4 is 19.5 Å². The van der Waals surface area contributed by atoms with Crippen LogP contribution in [0, 0.1) is 13.8 Å². The molecule has 0 saturated heterocycles.